The van der Waals surface area contributed by atoms with Crippen molar-refractivity contribution in [2.75, 3.05) is 11.1 Å². The average molecular weight is 509 g/mol. The summed E-state index contributed by atoms with van der Waals surface area (Å²) >= 11 is 2.76. The Hall–Kier alpha value is -3.24. The Bertz CT molecular complexity index is 1310. The average Bonchev–Trinajstić information content (AvgIpc) is 3.43. The second kappa shape index (κ2) is 11.0. The van der Waals surface area contributed by atoms with Crippen LogP contribution < -0.4 is 10.6 Å². The molecule has 0 aliphatic carbocycles. The number of aryl methyl sites for hydroxylation is 1. The molecule has 0 aliphatic heterocycles. The van der Waals surface area contributed by atoms with Gasteiger partial charge in [-0.2, -0.15) is 0 Å². The number of thiazole rings is 1. The molecule has 0 aliphatic rings. The largest absolute Gasteiger partial charge is 0.342 e. The van der Waals surface area contributed by atoms with Gasteiger partial charge in [-0.25, -0.2) is 4.98 Å². The fourth-order valence-electron chi connectivity index (χ4n) is 3.69. The number of anilines is 1. The van der Waals surface area contributed by atoms with Crippen molar-refractivity contribution in [2.24, 2.45) is 5.92 Å². The molecule has 0 unspecified atom stereocenters. The number of benzene rings is 2. The van der Waals surface area contributed by atoms with Gasteiger partial charge in [-0.3, -0.25) is 9.59 Å². The highest BCUT2D eigenvalue weighted by Crippen LogP contribution is 2.27. The summed E-state index contributed by atoms with van der Waals surface area (Å²) in [6, 6.07) is 14.9. The number of nitrogens with one attached hydrogen (secondary N) is 2. The zero-order valence-corrected chi connectivity index (χ0v) is 21.7. The molecule has 0 saturated heterocycles. The molecule has 1 atom stereocenters. The Morgan fingerprint density at radius 3 is 2.63 bits per heavy atom. The summed E-state index contributed by atoms with van der Waals surface area (Å²) in [7, 11) is 0. The maximum atomic E-state index is 12.9. The number of carbonyl (C=O) groups excluding carboxylic acids is 2. The summed E-state index contributed by atoms with van der Waals surface area (Å²) in [5.41, 5.74) is 2.50. The van der Waals surface area contributed by atoms with Crippen LogP contribution in [0.25, 0.3) is 10.2 Å². The van der Waals surface area contributed by atoms with Crippen molar-refractivity contribution in [1.29, 1.82) is 0 Å². The lowest BCUT2D eigenvalue weighted by atomic mass is 10.0. The molecule has 182 valence electrons. The lowest BCUT2D eigenvalue weighted by molar-refractivity contribution is -0.113. The minimum Gasteiger partial charge on any atom is -0.342 e. The molecule has 8 nitrogen and oxygen atoms in total. The molecule has 10 heteroatoms. The van der Waals surface area contributed by atoms with E-state index in [1.54, 1.807) is 6.07 Å². The van der Waals surface area contributed by atoms with Gasteiger partial charge in [0.15, 0.2) is 16.1 Å². The topological polar surface area (TPSA) is 102 Å². The van der Waals surface area contributed by atoms with Crippen LogP contribution in [-0.2, 0) is 11.3 Å². The van der Waals surface area contributed by atoms with Crippen molar-refractivity contribution < 1.29 is 9.59 Å². The van der Waals surface area contributed by atoms with Crippen molar-refractivity contribution in [3.63, 3.8) is 0 Å². The van der Waals surface area contributed by atoms with Crippen LogP contribution in [0.4, 0.5) is 5.13 Å². The van der Waals surface area contributed by atoms with Crippen LogP contribution in [0.3, 0.4) is 0 Å². The molecule has 0 spiro atoms. The van der Waals surface area contributed by atoms with Crippen LogP contribution in [0.1, 0.15) is 48.6 Å². The Morgan fingerprint density at radius 1 is 1.11 bits per heavy atom. The van der Waals surface area contributed by atoms with Gasteiger partial charge in [0.1, 0.15) is 0 Å². The first-order valence-electron chi connectivity index (χ1n) is 11.4. The molecule has 2 heterocycles. The third kappa shape index (κ3) is 5.88. The van der Waals surface area contributed by atoms with E-state index in [1.807, 2.05) is 74.7 Å². The van der Waals surface area contributed by atoms with Gasteiger partial charge in [0.05, 0.1) is 22.0 Å². The first kappa shape index (κ1) is 24.9. The van der Waals surface area contributed by atoms with Crippen molar-refractivity contribution in [2.45, 2.75) is 45.4 Å². The molecule has 2 aromatic carbocycles. The zero-order chi connectivity index (χ0) is 24.9. The molecule has 4 rings (SSSR count). The smallest absolute Gasteiger partial charge is 0.251 e. The molecule has 0 bridgehead atoms. The van der Waals surface area contributed by atoms with Gasteiger partial charge in [-0.15, -0.1) is 10.2 Å². The highest BCUT2D eigenvalue weighted by Gasteiger charge is 2.26. The number of para-hydroxylation sites is 1. The monoisotopic (exact) mass is 508 g/mol. The van der Waals surface area contributed by atoms with E-state index < -0.39 is 0 Å². The number of fused-ring (bicyclic) bond motifs is 1. The van der Waals surface area contributed by atoms with E-state index in [-0.39, 0.29) is 29.5 Å². The van der Waals surface area contributed by atoms with Gasteiger partial charge >= 0.3 is 0 Å². The van der Waals surface area contributed by atoms with Crippen LogP contribution in [-0.4, -0.2) is 37.3 Å². The number of thioether (sulfide) groups is 1. The predicted molar refractivity (Wildman–Crippen MR) is 141 cm³/mol. The summed E-state index contributed by atoms with van der Waals surface area (Å²) in [6.07, 6.45) is 0. The number of rotatable bonds is 9. The number of hydrogen-bond acceptors (Lipinski definition) is 7. The van der Waals surface area contributed by atoms with Crippen LogP contribution >= 0.6 is 23.1 Å². The van der Waals surface area contributed by atoms with Gasteiger partial charge < -0.3 is 15.2 Å². The van der Waals surface area contributed by atoms with E-state index in [9.17, 15) is 9.59 Å². The quantitative estimate of drug-likeness (QED) is 0.306. The lowest BCUT2D eigenvalue weighted by Gasteiger charge is -2.22. The molecular formula is C25H28N6O2S2. The maximum absolute atomic E-state index is 12.9. The Kier molecular flexibility index (Phi) is 7.82. The van der Waals surface area contributed by atoms with Crippen molar-refractivity contribution in [3.05, 3.63) is 65.5 Å². The third-order valence-corrected chi connectivity index (χ3v) is 7.36. The molecule has 0 saturated carbocycles. The van der Waals surface area contributed by atoms with Gasteiger partial charge in [-0.1, -0.05) is 66.8 Å². The first-order chi connectivity index (χ1) is 16.9. The SMILES string of the molecule is CCn1c(SCC(=O)Nc2nc3ccccc3s2)nnc1[C@H](NC(=O)c1cccc(C)c1)C(C)C. The van der Waals surface area contributed by atoms with Crippen LogP contribution in [0.2, 0.25) is 0 Å². The fraction of sp³-hybridized carbons (Fsp3) is 0.320. The van der Waals surface area contributed by atoms with Crippen LogP contribution in [0.15, 0.2) is 53.7 Å². The molecule has 4 aromatic rings. The summed E-state index contributed by atoms with van der Waals surface area (Å²) in [5, 5.41) is 15.9. The summed E-state index contributed by atoms with van der Waals surface area (Å²) in [6.45, 7) is 8.65. The summed E-state index contributed by atoms with van der Waals surface area (Å²) in [5.74, 6) is 0.642. The molecule has 35 heavy (non-hydrogen) atoms. The number of aromatic nitrogens is 4. The molecule has 0 fully saturated rings. The van der Waals surface area contributed by atoms with E-state index in [1.165, 1.54) is 23.1 Å². The third-order valence-electron chi connectivity index (χ3n) is 5.45. The molecule has 0 radical (unpaired) electrons. The van der Waals surface area contributed by atoms with Gasteiger partial charge in [0.25, 0.3) is 5.91 Å². The fourth-order valence-corrected chi connectivity index (χ4v) is 5.38. The Labute approximate surface area is 212 Å². The van der Waals surface area contributed by atoms with Crippen LogP contribution in [0.5, 0.6) is 0 Å². The minimum absolute atomic E-state index is 0.0958. The second-order valence-electron chi connectivity index (χ2n) is 8.47. The van der Waals surface area contributed by atoms with E-state index >= 15 is 0 Å². The Balaban J connectivity index is 1.44. The van der Waals surface area contributed by atoms with Gasteiger partial charge in [-0.05, 0) is 44.0 Å². The summed E-state index contributed by atoms with van der Waals surface area (Å²) in [4.78, 5) is 29.9. The van der Waals surface area contributed by atoms with Crippen molar-refractivity contribution >= 4 is 50.3 Å². The number of amides is 2. The molecule has 2 amide bonds. The van der Waals surface area contributed by atoms with Crippen molar-refractivity contribution in [3.8, 4) is 0 Å². The first-order valence-corrected chi connectivity index (χ1v) is 13.2. The number of carbonyl (C=O) groups is 2. The minimum atomic E-state index is -0.318. The van der Waals surface area contributed by atoms with E-state index in [2.05, 4.69) is 25.8 Å². The zero-order valence-electron chi connectivity index (χ0n) is 20.1. The molecular weight excluding hydrogens is 480 g/mol. The van der Waals surface area contributed by atoms with E-state index in [4.69, 9.17) is 0 Å². The van der Waals surface area contributed by atoms with Gasteiger partial charge in [0, 0.05) is 12.1 Å². The second-order valence-corrected chi connectivity index (χ2v) is 10.4. The van der Waals surface area contributed by atoms with Gasteiger partial charge in [0.2, 0.25) is 5.91 Å². The van der Waals surface area contributed by atoms with Crippen molar-refractivity contribution in [1.82, 2.24) is 25.1 Å². The lowest BCUT2D eigenvalue weighted by Crippen LogP contribution is -2.33. The molecule has 2 aromatic heterocycles. The predicted octanol–water partition coefficient (Wildman–Crippen LogP) is 5.07. The normalized spacial score (nSPS) is 12.1. The van der Waals surface area contributed by atoms with Crippen LogP contribution in [0, 0.1) is 12.8 Å². The summed E-state index contributed by atoms with van der Waals surface area (Å²) < 4.78 is 2.98. The highest BCUT2D eigenvalue weighted by atomic mass is 32.2. The maximum Gasteiger partial charge on any atom is 0.251 e. The standard InChI is InChI=1S/C25H28N6O2S2/c1-5-31-22(21(15(2)3)28-23(33)17-10-8-9-16(4)13-17)29-30-25(31)34-14-20(32)27-24-26-18-11-6-7-12-19(18)35-24/h6-13,15,21H,5,14H2,1-4H3,(H,28,33)(H,26,27,32)/t21-/m1/s1. The Morgan fingerprint density at radius 2 is 1.91 bits per heavy atom. The number of nitrogens with zero attached hydrogens (tertiary/aromatic N) is 4. The molecule has 2 N–H and O–H groups in total. The van der Waals surface area contributed by atoms with E-state index in [0.29, 0.717) is 28.2 Å². The van der Waals surface area contributed by atoms with E-state index in [0.717, 1.165) is 15.8 Å². The highest BCUT2D eigenvalue weighted by molar-refractivity contribution is 7.99. The number of hydrogen-bond donors (Lipinski definition) is 2.